The number of hydrogen-bond acceptors (Lipinski definition) is 0. The predicted octanol–water partition coefficient (Wildman–Crippen LogP) is 5.66. The van der Waals surface area contributed by atoms with Gasteiger partial charge in [-0.05, 0) is 47.4 Å². The lowest BCUT2D eigenvalue weighted by Crippen LogP contribution is -1.99. The van der Waals surface area contributed by atoms with Gasteiger partial charge in [-0.2, -0.15) is 0 Å². The van der Waals surface area contributed by atoms with Crippen LogP contribution in [0.3, 0.4) is 0 Å². The fraction of sp³-hybridized carbons (Fsp3) is 0.111. The molecule has 2 aromatic rings. The van der Waals surface area contributed by atoms with E-state index in [0.717, 1.165) is 4.47 Å². The molecule has 0 radical (unpaired) electrons. The first-order chi connectivity index (χ1) is 9.16. The summed E-state index contributed by atoms with van der Waals surface area (Å²) in [7, 11) is 0. The van der Waals surface area contributed by atoms with E-state index < -0.39 is 0 Å². The Labute approximate surface area is 122 Å². The minimum atomic E-state index is 0.301. The first kappa shape index (κ1) is 12.4. The van der Waals surface area contributed by atoms with Gasteiger partial charge >= 0.3 is 0 Å². The third-order valence-electron chi connectivity index (χ3n) is 3.58. The van der Waals surface area contributed by atoms with Gasteiger partial charge in [0.05, 0.1) is 0 Å². The van der Waals surface area contributed by atoms with Crippen LogP contribution in [0.2, 0.25) is 0 Å². The van der Waals surface area contributed by atoms with Crippen molar-refractivity contribution in [3.63, 3.8) is 0 Å². The van der Waals surface area contributed by atoms with Gasteiger partial charge in [0.15, 0.2) is 0 Å². The molecule has 0 aromatic heterocycles. The van der Waals surface area contributed by atoms with Crippen molar-refractivity contribution >= 4 is 27.6 Å². The zero-order chi connectivity index (χ0) is 13.4. The maximum absolute atomic E-state index is 4.19. The van der Waals surface area contributed by atoms with Crippen LogP contribution >= 0.6 is 15.9 Å². The van der Waals surface area contributed by atoms with Crippen molar-refractivity contribution < 1.29 is 0 Å². The zero-order valence-electron chi connectivity index (χ0n) is 10.9. The van der Waals surface area contributed by atoms with Gasteiger partial charge in [-0.1, -0.05) is 64.5 Å². The minimum absolute atomic E-state index is 0.301. The van der Waals surface area contributed by atoms with Crippen LogP contribution in [0.1, 0.15) is 29.5 Å². The van der Waals surface area contributed by atoms with Crippen LogP contribution < -0.4 is 0 Å². The van der Waals surface area contributed by atoms with Gasteiger partial charge in [0.1, 0.15) is 0 Å². The third-order valence-corrected chi connectivity index (χ3v) is 4.08. The molecule has 0 bridgehead atoms. The quantitative estimate of drug-likeness (QED) is 0.627. The van der Waals surface area contributed by atoms with Crippen LogP contribution in [-0.2, 0) is 0 Å². The topological polar surface area (TPSA) is 0 Å². The first-order valence-corrected chi connectivity index (χ1v) is 7.18. The lowest BCUT2D eigenvalue weighted by Gasteiger charge is -2.17. The highest BCUT2D eigenvalue weighted by Crippen LogP contribution is 2.46. The number of allylic oxidation sites excluding steroid dienone is 2. The van der Waals surface area contributed by atoms with E-state index in [1.807, 2.05) is 0 Å². The molecule has 1 unspecified atom stereocenters. The summed E-state index contributed by atoms with van der Waals surface area (Å²) in [5.41, 5.74) is 6.46. The summed E-state index contributed by atoms with van der Waals surface area (Å²) in [4.78, 5) is 0. The fourth-order valence-corrected chi connectivity index (χ4v) is 3.14. The highest BCUT2D eigenvalue weighted by atomic mass is 79.9. The molecule has 0 fully saturated rings. The number of hydrogen-bond donors (Lipinski definition) is 0. The maximum Gasteiger partial charge on any atom is 0.0306 e. The molecule has 0 N–H and O–H groups in total. The van der Waals surface area contributed by atoms with Crippen LogP contribution in [0.15, 0.2) is 65.2 Å². The summed E-state index contributed by atoms with van der Waals surface area (Å²) in [6.45, 7) is 6.29. The van der Waals surface area contributed by atoms with E-state index in [-0.39, 0.29) is 0 Å². The van der Waals surface area contributed by atoms with Crippen molar-refractivity contribution in [1.29, 1.82) is 0 Å². The van der Waals surface area contributed by atoms with Crippen molar-refractivity contribution in [1.82, 2.24) is 0 Å². The average molecular weight is 311 g/mol. The molecule has 0 nitrogen and oxygen atoms in total. The van der Waals surface area contributed by atoms with E-state index in [9.17, 15) is 0 Å². The molecular formula is C18H15Br. The van der Waals surface area contributed by atoms with Gasteiger partial charge in [-0.25, -0.2) is 0 Å². The SMILES string of the molecule is C=C(C)C1C(c2ccccc2)=Cc2ccc(Br)cc21. The van der Waals surface area contributed by atoms with Crippen LogP contribution in [-0.4, -0.2) is 0 Å². The number of benzene rings is 2. The first-order valence-electron chi connectivity index (χ1n) is 6.38. The molecule has 0 saturated heterocycles. The maximum atomic E-state index is 4.19. The van der Waals surface area contributed by atoms with Crippen molar-refractivity contribution in [2.24, 2.45) is 0 Å². The molecule has 1 aliphatic rings. The lowest BCUT2D eigenvalue weighted by atomic mass is 9.86. The molecule has 1 heteroatoms. The van der Waals surface area contributed by atoms with E-state index in [1.165, 1.54) is 27.8 Å². The van der Waals surface area contributed by atoms with E-state index in [4.69, 9.17) is 0 Å². The Bertz CT molecular complexity index is 665. The molecule has 0 saturated carbocycles. The number of rotatable bonds is 2. The Balaban J connectivity index is 2.15. The van der Waals surface area contributed by atoms with Crippen LogP contribution in [0.4, 0.5) is 0 Å². The van der Waals surface area contributed by atoms with Crippen molar-refractivity contribution in [3.05, 3.63) is 81.8 Å². The van der Waals surface area contributed by atoms with Crippen molar-refractivity contribution in [3.8, 4) is 0 Å². The van der Waals surface area contributed by atoms with Gasteiger partial charge in [0.25, 0.3) is 0 Å². The van der Waals surface area contributed by atoms with Crippen LogP contribution in [0.25, 0.3) is 11.6 Å². The standard InChI is InChI=1S/C18H15Br/c1-12(2)18-16(13-6-4-3-5-7-13)10-14-8-9-15(19)11-17(14)18/h3-11,18H,1H2,2H3. The Morgan fingerprint density at radius 1 is 1.11 bits per heavy atom. The van der Waals surface area contributed by atoms with Gasteiger partial charge < -0.3 is 0 Å². The molecule has 3 rings (SSSR count). The Kier molecular flexibility index (Phi) is 3.16. The van der Waals surface area contributed by atoms with Crippen LogP contribution in [0.5, 0.6) is 0 Å². The van der Waals surface area contributed by atoms with Crippen LogP contribution in [0, 0.1) is 0 Å². The third kappa shape index (κ3) is 2.19. The highest BCUT2D eigenvalue weighted by molar-refractivity contribution is 9.10. The van der Waals surface area contributed by atoms with E-state index in [1.54, 1.807) is 0 Å². The molecule has 0 heterocycles. The highest BCUT2D eigenvalue weighted by Gasteiger charge is 2.26. The number of fused-ring (bicyclic) bond motifs is 1. The second-order valence-electron chi connectivity index (χ2n) is 5.02. The Morgan fingerprint density at radius 3 is 2.53 bits per heavy atom. The average Bonchev–Trinajstić information content (AvgIpc) is 2.78. The smallest absolute Gasteiger partial charge is 0.0306 e. The van der Waals surface area contributed by atoms with Crippen molar-refractivity contribution in [2.75, 3.05) is 0 Å². The Hall–Kier alpha value is -1.60. The summed E-state index contributed by atoms with van der Waals surface area (Å²) in [6.07, 6.45) is 2.29. The predicted molar refractivity (Wildman–Crippen MR) is 86.0 cm³/mol. The summed E-state index contributed by atoms with van der Waals surface area (Å²) in [5.74, 6) is 0.301. The summed E-state index contributed by atoms with van der Waals surface area (Å²) >= 11 is 3.56. The fourth-order valence-electron chi connectivity index (χ4n) is 2.76. The molecule has 2 aromatic carbocycles. The zero-order valence-corrected chi connectivity index (χ0v) is 12.4. The second-order valence-corrected chi connectivity index (χ2v) is 5.93. The molecule has 0 aliphatic heterocycles. The summed E-state index contributed by atoms with van der Waals surface area (Å²) in [5, 5.41) is 0. The molecule has 1 atom stereocenters. The number of halogens is 1. The van der Waals surface area contributed by atoms with Gasteiger partial charge in [0.2, 0.25) is 0 Å². The Morgan fingerprint density at radius 2 is 1.84 bits per heavy atom. The van der Waals surface area contributed by atoms with E-state index in [0.29, 0.717) is 5.92 Å². The molecule has 1 aliphatic carbocycles. The van der Waals surface area contributed by atoms with Crippen molar-refractivity contribution in [2.45, 2.75) is 12.8 Å². The van der Waals surface area contributed by atoms with Gasteiger partial charge in [-0.3, -0.25) is 0 Å². The molecule has 0 spiro atoms. The molecular weight excluding hydrogens is 296 g/mol. The van der Waals surface area contributed by atoms with E-state index >= 15 is 0 Å². The van der Waals surface area contributed by atoms with Gasteiger partial charge in [-0.15, -0.1) is 0 Å². The molecule has 94 valence electrons. The minimum Gasteiger partial charge on any atom is -0.0992 e. The summed E-state index contributed by atoms with van der Waals surface area (Å²) < 4.78 is 1.13. The monoisotopic (exact) mass is 310 g/mol. The molecule has 0 amide bonds. The van der Waals surface area contributed by atoms with Gasteiger partial charge in [0, 0.05) is 10.4 Å². The second kappa shape index (κ2) is 4.82. The van der Waals surface area contributed by atoms with E-state index in [2.05, 4.69) is 84.0 Å². The largest absolute Gasteiger partial charge is 0.0992 e. The summed E-state index contributed by atoms with van der Waals surface area (Å²) in [6, 6.07) is 17.0. The molecule has 19 heavy (non-hydrogen) atoms. The lowest BCUT2D eigenvalue weighted by molar-refractivity contribution is 1.03. The normalized spacial score (nSPS) is 16.9.